The lowest BCUT2D eigenvalue weighted by atomic mass is 10.00. The molecule has 1 atom stereocenters. The smallest absolute Gasteiger partial charge is 0.331 e. The van der Waals surface area contributed by atoms with Crippen LogP contribution in [0.5, 0.6) is 0 Å². The molecule has 0 aliphatic carbocycles. The minimum atomic E-state index is -1.55. The first-order chi connectivity index (χ1) is 12.8. The Balaban J connectivity index is 2.70. The van der Waals surface area contributed by atoms with Gasteiger partial charge in [0.1, 0.15) is 0 Å². The summed E-state index contributed by atoms with van der Waals surface area (Å²) >= 11 is 0. The molecule has 28 heavy (non-hydrogen) atoms. The SMILES string of the molecule is COCC(C)(NC(=O)c1cc(C(C)C)nc2c1c(C)nn2C(C)(C)C)C(=O)O. The zero-order chi connectivity index (χ0) is 21.4. The van der Waals surface area contributed by atoms with Crippen molar-refractivity contribution in [2.24, 2.45) is 0 Å². The van der Waals surface area contributed by atoms with Gasteiger partial charge in [-0.3, -0.25) is 4.79 Å². The van der Waals surface area contributed by atoms with Gasteiger partial charge in [0.05, 0.1) is 28.8 Å². The Hall–Kier alpha value is -2.48. The van der Waals surface area contributed by atoms with Gasteiger partial charge in [-0.05, 0) is 46.6 Å². The molecule has 0 aromatic carbocycles. The molecule has 0 saturated heterocycles. The quantitative estimate of drug-likeness (QED) is 0.785. The van der Waals surface area contributed by atoms with Crippen LogP contribution in [0.1, 0.15) is 69.2 Å². The van der Waals surface area contributed by atoms with Crippen molar-refractivity contribution >= 4 is 22.9 Å². The lowest BCUT2D eigenvalue weighted by molar-refractivity contribution is -0.145. The number of methoxy groups -OCH3 is 1. The molecule has 1 unspecified atom stereocenters. The fourth-order valence-corrected chi connectivity index (χ4v) is 3.01. The number of aliphatic carboxylic acids is 1. The molecule has 0 fully saturated rings. The second kappa shape index (κ2) is 7.50. The van der Waals surface area contributed by atoms with Crippen LogP contribution in [0.3, 0.4) is 0 Å². The largest absolute Gasteiger partial charge is 0.479 e. The average molecular weight is 390 g/mol. The molecule has 0 radical (unpaired) electrons. The highest BCUT2D eigenvalue weighted by Crippen LogP contribution is 2.29. The number of pyridine rings is 1. The summed E-state index contributed by atoms with van der Waals surface area (Å²) in [6.07, 6.45) is 0. The van der Waals surface area contributed by atoms with Crippen LogP contribution in [-0.4, -0.2) is 51.0 Å². The number of carbonyl (C=O) groups is 2. The van der Waals surface area contributed by atoms with Crippen molar-refractivity contribution < 1.29 is 19.4 Å². The summed E-state index contributed by atoms with van der Waals surface area (Å²) in [5, 5.41) is 17.4. The van der Waals surface area contributed by atoms with Crippen molar-refractivity contribution in [2.45, 2.75) is 65.5 Å². The Morgan fingerprint density at radius 1 is 1.29 bits per heavy atom. The van der Waals surface area contributed by atoms with Crippen molar-refractivity contribution in [3.8, 4) is 0 Å². The Morgan fingerprint density at radius 2 is 1.89 bits per heavy atom. The molecule has 0 spiro atoms. The van der Waals surface area contributed by atoms with E-state index >= 15 is 0 Å². The molecule has 0 aliphatic rings. The number of fused-ring (bicyclic) bond motifs is 1. The van der Waals surface area contributed by atoms with Crippen molar-refractivity contribution in [1.82, 2.24) is 20.1 Å². The maximum absolute atomic E-state index is 13.1. The highest BCUT2D eigenvalue weighted by molar-refractivity contribution is 6.08. The minimum Gasteiger partial charge on any atom is -0.479 e. The molecule has 0 aliphatic heterocycles. The fourth-order valence-electron chi connectivity index (χ4n) is 3.01. The van der Waals surface area contributed by atoms with E-state index in [-0.39, 0.29) is 18.1 Å². The second-order valence-corrected chi connectivity index (χ2v) is 8.64. The topological polar surface area (TPSA) is 106 Å². The molecule has 8 nitrogen and oxygen atoms in total. The summed E-state index contributed by atoms with van der Waals surface area (Å²) in [5.41, 5.74) is 0.519. The number of rotatable bonds is 6. The predicted molar refractivity (Wildman–Crippen MR) is 107 cm³/mol. The third-order valence-corrected chi connectivity index (χ3v) is 4.60. The highest BCUT2D eigenvalue weighted by Gasteiger charge is 2.36. The molecule has 154 valence electrons. The van der Waals surface area contributed by atoms with E-state index in [0.29, 0.717) is 22.3 Å². The van der Waals surface area contributed by atoms with Crippen LogP contribution in [0.4, 0.5) is 0 Å². The first-order valence-corrected chi connectivity index (χ1v) is 9.27. The van der Waals surface area contributed by atoms with Crippen molar-refractivity contribution in [3.63, 3.8) is 0 Å². The first-order valence-electron chi connectivity index (χ1n) is 9.27. The van der Waals surface area contributed by atoms with Crippen LogP contribution >= 0.6 is 0 Å². The van der Waals surface area contributed by atoms with E-state index in [1.807, 2.05) is 46.2 Å². The van der Waals surface area contributed by atoms with E-state index in [4.69, 9.17) is 9.72 Å². The molecule has 1 amide bonds. The zero-order valence-corrected chi connectivity index (χ0v) is 17.9. The molecule has 2 heterocycles. The lowest BCUT2D eigenvalue weighted by Gasteiger charge is -2.25. The molecular weight excluding hydrogens is 360 g/mol. The number of hydrogen-bond donors (Lipinski definition) is 2. The van der Waals surface area contributed by atoms with Gasteiger partial charge in [-0.15, -0.1) is 0 Å². The van der Waals surface area contributed by atoms with Gasteiger partial charge >= 0.3 is 5.97 Å². The number of hydrogen-bond acceptors (Lipinski definition) is 5. The summed E-state index contributed by atoms with van der Waals surface area (Å²) in [6.45, 7) is 13.1. The van der Waals surface area contributed by atoms with Crippen LogP contribution in [0.25, 0.3) is 11.0 Å². The zero-order valence-electron chi connectivity index (χ0n) is 17.9. The number of ether oxygens (including phenoxy) is 1. The summed E-state index contributed by atoms with van der Waals surface area (Å²) in [7, 11) is 1.40. The highest BCUT2D eigenvalue weighted by atomic mass is 16.5. The standard InChI is InChI=1S/C20H30N4O4/c1-11(2)14-9-13(17(25)22-20(7,10-28-8)18(26)27)15-12(3)23-24(16(15)21-14)19(4,5)6/h9,11H,10H2,1-8H3,(H,22,25)(H,26,27). The average Bonchev–Trinajstić information content (AvgIpc) is 2.91. The number of nitrogens with one attached hydrogen (secondary N) is 1. The predicted octanol–water partition coefficient (Wildman–Crippen LogP) is 2.84. The van der Waals surface area contributed by atoms with Crippen LogP contribution in [0.2, 0.25) is 0 Å². The number of aromatic nitrogens is 3. The maximum atomic E-state index is 13.1. The Morgan fingerprint density at radius 3 is 2.36 bits per heavy atom. The Kier molecular flexibility index (Phi) is 5.85. The first kappa shape index (κ1) is 21.8. The van der Waals surface area contributed by atoms with E-state index in [9.17, 15) is 14.7 Å². The van der Waals surface area contributed by atoms with Crippen molar-refractivity contribution in [1.29, 1.82) is 0 Å². The number of carboxylic acid groups (broad SMARTS) is 1. The second-order valence-electron chi connectivity index (χ2n) is 8.64. The molecule has 2 aromatic rings. The van der Waals surface area contributed by atoms with Gasteiger partial charge in [0.25, 0.3) is 5.91 Å². The number of carboxylic acids is 1. The van der Waals surface area contributed by atoms with Crippen LogP contribution in [-0.2, 0) is 15.1 Å². The van der Waals surface area contributed by atoms with E-state index in [1.54, 1.807) is 6.07 Å². The van der Waals surface area contributed by atoms with Gasteiger partial charge in [0, 0.05) is 12.8 Å². The van der Waals surface area contributed by atoms with Crippen LogP contribution in [0, 0.1) is 6.92 Å². The van der Waals surface area contributed by atoms with E-state index in [1.165, 1.54) is 14.0 Å². The molecule has 0 bridgehead atoms. The van der Waals surface area contributed by atoms with E-state index in [2.05, 4.69) is 10.4 Å². The molecular formula is C20H30N4O4. The Bertz CT molecular complexity index is 911. The van der Waals surface area contributed by atoms with Crippen LogP contribution < -0.4 is 5.32 Å². The Labute approximate surface area is 165 Å². The number of amides is 1. The van der Waals surface area contributed by atoms with E-state index in [0.717, 1.165) is 5.69 Å². The fraction of sp³-hybridized carbons (Fsp3) is 0.600. The van der Waals surface area contributed by atoms with E-state index < -0.39 is 17.4 Å². The lowest BCUT2D eigenvalue weighted by Crippen LogP contribution is -2.55. The maximum Gasteiger partial charge on any atom is 0.331 e. The van der Waals surface area contributed by atoms with Gasteiger partial charge in [-0.25, -0.2) is 14.5 Å². The van der Waals surface area contributed by atoms with Gasteiger partial charge in [0.15, 0.2) is 11.2 Å². The van der Waals surface area contributed by atoms with Crippen molar-refractivity contribution in [2.75, 3.05) is 13.7 Å². The normalized spacial score (nSPS) is 14.3. The molecule has 2 rings (SSSR count). The molecule has 8 heteroatoms. The third-order valence-electron chi connectivity index (χ3n) is 4.60. The summed E-state index contributed by atoms with van der Waals surface area (Å²) in [6, 6.07) is 1.72. The number of aryl methyl sites for hydroxylation is 1. The number of nitrogens with zero attached hydrogens (tertiary/aromatic N) is 3. The van der Waals surface area contributed by atoms with Crippen molar-refractivity contribution in [3.05, 3.63) is 23.0 Å². The summed E-state index contributed by atoms with van der Waals surface area (Å²) in [4.78, 5) is 29.6. The molecule has 2 aromatic heterocycles. The van der Waals surface area contributed by atoms with Gasteiger partial charge in [-0.2, -0.15) is 5.10 Å². The van der Waals surface area contributed by atoms with Gasteiger partial charge in [-0.1, -0.05) is 13.8 Å². The third kappa shape index (κ3) is 4.01. The van der Waals surface area contributed by atoms with Gasteiger partial charge in [0.2, 0.25) is 0 Å². The minimum absolute atomic E-state index is 0.0874. The van der Waals surface area contributed by atoms with Crippen LogP contribution in [0.15, 0.2) is 6.07 Å². The summed E-state index contributed by atoms with van der Waals surface area (Å²) in [5.74, 6) is -1.57. The van der Waals surface area contributed by atoms with Gasteiger partial charge < -0.3 is 15.2 Å². The monoisotopic (exact) mass is 390 g/mol. The number of carbonyl (C=O) groups excluding carboxylic acids is 1. The molecule has 0 saturated carbocycles. The summed E-state index contributed by atoms with van der Waals surface area (Å²) < 4.78 is 6.81. The molecule has 2 N–H and O–H groups in total.